The summed E-state index contributed by atoms with van der Waals surface area (Å²) in [6.07, 6.45) is 2.29. The van der Waals surface area contributed by atoms with Gasteiger partial charge < -0.3 is 19.9 Å². The molecule has 1 saturated heterocycles. The van der Waals surface area contributed by atoms with Crippen molar-refractivity contribution in [2.75, 3.05) is 25.5 Å². The molecule has 1 spiro atoms. The molecule has 2 N–H and O–H groups in total. The summed E-state index contributed by atoms with van der Waals surface area (Å²) in [7, 11) is 1.68. The second-order valence-corrected chi connectivity index (χ2v) is 11.3. The highest BCUT2D eigenvalue weighted by Gasteiger charge is 2.52. The van der Waals surface area contributed by atoms with E-state index in [4.69, 9.17) is 9.72 Å². The van der Waals surface area contributed by atoms with Crippen LogP contribution in [0.4, 0.5) is 5.69 Å². The van der Waals surface area contributed by atoms with Crippen LogP contribution in [0.25, 0.3) is 44.2 Å². The minimum Gasteiger partial charge on any atom is -0.496 e. The van der Waals surface area contributed by atoms with Crippen LogP contribution in [-0.4, -0.2) is 46.9 Å². The van der Waals surface area contributed by atoms with Crippen molar-refractivity contribution in [2.45, 2.75) is 11.8 Å². The largest absolute Gasteiger partial charge is 0.496 e. The number of anilines is 1. The lowest BCUT2D eigenvalue weighted by Crippen LogP contribution is -2.39. The van der Waals surface area contributed by atoms with Crippen molar-refractivity contribution in [1.29, 1.82) is 0 Å². The highest BCUT2D eigenvalue weighted by molar-refractivity contribution is 6.10. The molecule has 7 heteroatoms. The number of likely N-dealkylation sites (tertiary alicyclic amines) is 1. The number of hydrogen-bond donors (Lipinski definition) is 2. The van der Waals surface area contributed by atoms with Crippen molar-refractivity contribution in [3.8, 4) is 28.1 Å². The molecule has 43 heavy (non-hydrogen) atoms. The van der Waals surface area contributed by atoms with Gasteiger partial charge in [-0.2, -0.15) is 0 Å². The van der Waals surface area contributed by atoms with E-state index in [9.17, 15) is 9.59 Å². The molecule has 2 amide bonds. The third-order valence-electron chi connectivity index (χ3n) is 9.03. The zero-order valence-electron chi connectivity index (χ0n) is 23.6. The number of H-pyrrole nitrogens is 1. The molecule has 0 saturated carbocycles. The van der Waals surface area contributed by atoms with Crippen LogP contribution in [0.3, 0.4) is 0 Å². The van der Waals surface area contributed by atoms with E-state index in [-0.39, 0.29) is 11.8 Å². The van der Waals surface area contributed by atoms with Crippen LogP contribution in [0.2, 0.25) is 0 Å². The number of carbonyl (C=O) groups is 2. The van der Waals surface area contributed by atoms with Gasteiger partial charge in [0.2, 0.25) is 5.91 Å². The Morgan fingerprint density at radius 1 is 0.884 bits per heavy atom. The molecule has 1 atom stereocenters. The molecule has 0 aliphatic carbocycles. The maximum Gasteiger partial charge on any atom is 0.256 e. The lowest BCUT2D eigenvalue weighted by Gasteiger charge is -2.23. The Labute approximate surface area is 248 Å². The number of fused-ring (bicyclic) bond motifs is 4. The van der Waals surface area contributed by atoms with Crippen LogP contribution in [0.1, 0.15) is 22.3 Å². The Morgan fingerprint density at radius 2 is 1.70 bits per heavy atom. The molecule has 8 rings (SSSR count). The van der Waals surface area contributed by atoms with Gasteiger partial charge in [0.05, 0.1) is 23.8 Å². The topological polar surface area (TPSA) is 87.3 Å². The fraction of sp³-hybridized carbons (Fsp3) is 0.139. The number of methoxy groups -OCH3 is 1. The lowest BCUT2D eigenvalue weighted by atomic mass is 9.79. The first-order valence-corrected chi connectivity index (χ1v) is 14.4. The number of rotatable bonds is 4. The monoisotopic (exact) mass is 564 g/mol. The number of aromatic amines is 1. The van der Waals surface area contributed by atoms with Gasteiger partial charge in [-0.25, -0.2) is 4.98 Å². The molecule has 7 nitrogen and oxygen atoms in total. The average Bonchev–Trinajstić information content (AvgIpc) is 3.77. The van der Waals surface area contributed by atoms with Crippen LogP contribution in [-0.2, 0) is 10.2 Å². The molecular formula is C36H28N4O3. The Hall–Kier alpha value is -5.43. The van der Waals surface area contributed by atoms with E-state index in [2.05, 4.69) is 34.6 Å². The van der Waals surface area contributed by atoms with Gasteiger partial charge >= 0.3 is 0 Å². The zero-order chi connectivity index (χ0) is 29.1. The van der Waals surface area contributed by atoms with Crippen LogP contribution in [0.15, 0.2) is 103 Å². The summed E-state index contributed by atoms with van der Waals surface area (Å²) < 4.78 is 5.60. The minimum atomic E-state index is -0.798. The summed E-state index contributed by atoms with van der Waals surface area (Å²) in [6, 6.07) is 32.2. The maximum absolute atomic E-state index is 13.9. The number of hydrogen-bond acceptors (Lipinski definition) is 4. The molecule has 1 fully saturated rings. The second-order valence-electron chi connectivity index (χ2n) is 11.3. The molecule has 0 bridgehead atoms. The highest BCUT2D eigenvalue weighted by atomic mass is 16.5. The number of pyridine rings is 1. The first-order valence-electron chi connectivity index (χ1n) is 14.4. The number of ether oxygens (including phenoxy) is 1. The van der Waals surface area contributed by atoms with Crippen molar-refractivity contribution in [3.05, 3.63) is 114 Å². The quantitative estimate of drug-likeness (QED) is 0.247. The maximum atomic E-state index is 13.9. The molecule has 0 radical (unpaired) electrons. The molecule has 210 valence electrons. The van der Waals surface area contributed by atoms with E-state index in [1.165, 1.54) is 0 Å². The van der Waals surface area contributed by atoms with E-state index < -0.39 is 5.41 Å². The standard InChI is InChI=1S/C36H28N4O3/c1-43-32-16-13-24(25-9-5-6-10-26(25)32)23-11-14-31-29(19-23)36(35(42)39-31)17-18-40(21-36)34(41)28-20-37-33-27(28)12-15-30(38-33)22-7-3-2-4-8-22/h2-16,19-20H,17-18,21H2,1H3,(H,37,38)(H,39,42). The van der Waals surface area contributed by atoms with Crippen molar-refractivity contribution in [1.82, 2.24) is 14.9 Å². The summed E-state index contributed by atoms with van der Waals surface area (Å²) in [6.45, 7) is 0.809. The Kier molecular flexibility index (Phi) is 5.62. The predicted octanol–water partition coefficient (Wildman–Crippen LogP) is 6.79. The molecule has 2 aromatic heterocycles. The molecular weight excluding hydrogens is 536 g/mol. The molecule has 2 aliphatic rings. The van der Waals surface area contributed by atoms with Gasteiger partial charge in [0.25, 0.3) is 5.91 Å². The number of nitrogens with one attached hydrogen (secondary N) is 2. The summed E-state index contributed by atoms with van der Waals surface area (Å²) in [5.74, 6) is 0.668. The first kappa shape index (κ1) is 25.3. The van der Waals surface area contributed by atoms with Crippen LogP contribution in [0, 0.1) is 0 Å². The average molecular weight is 565 g/mol. The van der Waals surface area contributed by atoms with Crippen molar-refractivity contribution < 1.29 is 14.3 Å². The van der Waals surface area contributed by atoms with Gasteiger partial charge in [-0.05, 0) is 58.8 Å². The van der Waals surface area contributed by atoms with Crippen molar-refractivity contribution in [2.24, 2.45) is 0 Å². The first-order chi connectivity index (χ1) is 21.1. The molecule has 4 heterocycles. The molecule has 1 unspecified atom stereocenters. The van der Waals surface area contributed by atoms with E-state index >= 15 is 0 Å². The number of carbonyl (C=O) groups excluding carboxylic acids is 2. The van der Waals surface area contributed by atoms with Crippen molar-refractivity contribution >= 4 is 39.3 Å². The Morgan fingerprint density at radius 3 is 2.53 bits per heavy atom. The predicted molar refractivity (Wildman–Crippen MR) is 168 cm³/mol. The highest BCUT2D eigenvalue weighted by Crippen LogP contribution is 2.47. The van der Waals surface area contributed by atoms with Gasteiger partial charge in [0.1, 0.15) is 11.4 Å². The fourth-order valence-electron chi connectivity index (χ4n) is 6.79. The summed E-state index contributed by atoms with van der Waals surface area (Å²) in [5, 5.41) is 5.99. The molecule has 2 aliphatic heterocycles. The van der Waals surface area contributed by atoms with E-state index in [1.54, 1.807) is 18.2 Å². The SMILES string of the molecule is COc1ccc(-c2ccc3c(c2)C2(CCN(C(=O)c4c[nH]c5nc(-c6ccccc6)ccc45)C2)C(=O)N3)c2ccccc12. The van der Waals surface area contributed by atoms with Gasteiger partial charge in [0, 0.05) is 41.3 Å². The zero-order valence-corrected chi connectivity index (χ0v) is 23.6. The Balaban J connectivity index is 1.12. The van der Waals surface area contributed by atoms with Crippen LogP contribution >= 0.6 is 0 Å². The Bertz CT molecular complexity index is 2080. The summed E-state index contributed by atoms with van der Waals surface area (Å²) >= 11 is 0. The van der Waals surface area contributed by atoms with E-state index in [1.807, 2.05) is 72.8 Å². The fourth-order valence-corrected chi connectivity index (χ4v) is 6.79. The van der Waals surface area contributed by atoms with Gasteiger partial charge in [-0.1, -0.05) is 66.7 Å². The third kappa shape index (κ3) is 3.85. The second kappa shape index (κ2) is 9.56. The normalized spacial score (nSPS) is 17.5. The minimum absolute atomic E-state index is 0.0531. The molecule has 6 aromatic rings. The van der Waals surface area contributed by atoms with E-state index in [0.717, 1.165) is 55.5 Å². The summed E-state index contributed by atoms with van der Waals surface area (Å²) in [5.41, 5.74) is 6.14. The van der Waals surface area contributed by atoms with Gasteiger partial charge in [-0.3, -0.25) is 9.59 Å². The lowest BCUT2D eigenvalue weighted by molar-refractivity contribution is -0.120. The summed E-state index contributed by atoms with van der Waals surface area (Å²) in [4.78, 5) is 37.2. The number of nitrogens with zero attached hydrogens (tertiary/aromatic N) is 2. The van der Waals surface area contributed by atoms with E-state index in [0.29, 0.717) is 30.7 Å². The number of benzene rings is 4. The van der Waals surface area contributed by atoms with Gasteiger partial charge in [0.15, 0.2) is 0 Å². The number of aromatic nitrogens is 2. The number of amides is 2. The van der Waals surface area contributed by atoms with Crippen LogP contribution < -0.4 is 10.1 Å². The molecule has 4 aromatic carbocycles. The van der Waals surface area contributed by atoms with Crippen LogP contribution in [0.5, 0.6) is 5.75 Å². The third-order valence-corrected chi connectivity index (χ3v) is 9.03. The van der Waals surface area contributed by atoms with Crippen molar-refractivity contribution in [3.63, 3.8) is 0 Å². The van der Waals surface area contributed by atoms with Gasteiger partial charge in [-0.15, -0.1) is 0 Å². The smallest absolute Gasteiger partial charge is 0.256 e.